The van der Waals surface area contributed by atoms with E-state index in [4.69, 9.17) is 21.1 Å². The SMILES string of the molecule is CCN1C(=O)NC(c2cccc(NC(=O)COc3ccc(Cl)cc3)c2)C(C(=O)OC(C)C)=C1C. The lowest BCUT2D eigenvalue weighted by Gasteiger charge is -2.35. The summed E-state index contributed by atoms with van der Waals surface area (Å²) in [6.07, 6.45) is -0.313. The van der Waals surface area contributed by atoms with Crippen LogP contribution in [0, 0.1) is 0 Å². The molecule has 8 nitrogen and oxygen atoms in total. The van der Waals surface area contributed by atoms with Crippen molar-refractivity contribution >= 4 is 35.2 Å². The summed E-state index contributed by atoms with van der Waals surface area (Å²) >= 11 is 5.85. The molecular formula is C25H28ClN3O5. The Morgan fingerprint density at radius 2 is 1.88 bits per heavy atom. The van der Waals surface area contributed by atoms with E-state index in [0.717, 1.165) is 0 Å². The lowest BCUT2D eigenvalue weighted by Crippen LogP contribution is -2.48. The van der Waals surface area contributed by atoms with E-state index in [2.05, 4.69) is 10.6 Å². The average Bonchev–Trinajstić information content (AvgIpc) is 2.78. The lowest BCUT2D eigenvalue weighted by molar-refractivity contribution is -0.143. The Morgan fingerprint density at radius 3 is 2.53 bits per heavy atom. The smallest absolute Gasteiger partial charge is 0.338 e. The molecule has 3 rings (SSSR count). The number of carbonyl (C=O) groups is 3. The van der Waals surface area contributed by atoms with Crippen molar-refractivity contribution in [2.24, 2.45) is 0 Å². The van der Waals surface area contributed by atoms with Gasteiger partial charge in [0.15, 0.2) is 6.61 Å². The predicted molar refractivity (Wildman–Crippen MR) is 130 cm³/mol. The number of allylic oxidation sites excluding steroid dienone is 1. The van der Waals surface area contributed by atoms with Gasteiger partial charge >= 0.3 is 12.0 Å². The first-order valence-corrected chi connectivity index (χ1v) is 11.3. The number of hydrogen-bond acceptors (Lipinski definition) is 5. The van der Waals surface area contributed by atoms with Crippen molar-refractivity contribution < 1.29 is 23.9 Å². The van der Waals surface area contributed by atoms with Crippen molar-refractivity contribution in [2.45, 2.75) is 39.8 Å². The van der Waals surface area contributed by atoms with Gasteiger partial charge in [-0.2, -0.15) is 0 Å². The third-order valence-electron chi connectivity index (χ3n) is 5.16. The molecule has 1 aliphatic rings. The number of anilines is 1. The minimum Gasteiger partial charge on any atom is -0.484 e. The van der Waals surface area contributed by atoms with Crippen LogP contribution in [0.2, 0.25) is 5.02 Å². The second kappa shape index (κ2) is 11.1. The average molecular weight is 486 g/mol. The van der Waals surface area contributed by atoms with Crippen LogP contribution in [0.25, 0.3) is 0 Å². The maximum absolute atomic E-state index is 12.9. The number of rotatable bonds is 8. The zero-order chi connectivity index (χ0) is 24.8. The molecule has 2 aromatic carbocycles. The van der Waals surface area contributed by atoms with Crippen molar-refractivity contribution in [3.63, 3.8) is 0 Å². The first-order valence-electron chi connectivity index (χ1n) is 11.0. The van der Waals surface area contributed by atoms with E-state index >= 15 is 0 Å². The van der Waals surface area contributed by atoms with E-state index in [0.29, 0.717) is 39.8 Å². The van der Waals surface area contributed by atoms with Crippen LogP contribution in [0.1, 0.15) is 39.3 Å². The van der Waals surface area contributed by atoms with Gasteiger partial charge in [0.05, 0.1) is 17.7 Å². The third kappa shape index (κ3) is 6.08. The normalized spacial score (nSPS) is 15.8. The molecule has 0 bridgehead atoms. The van der Waals surface area contributed by atoms with Crippen LogP contribution >= 0.6 is 11.6 Å². The molecule has 0 saturated heterocycles. The Balaban J connectivity index is 1.79. The number of benzene rings is 2. The molecule has 0 radical (unpaired) electrons. The summed E-state index contributed by atoms with van der Waals surface area (Å²) in [5, 5.41) is 6.23. The van der Waals surface area contributed by atoms with Gasteiger partial charge in [0, 0.05) is 23.0 Å². The molecule has 9 heteroatoms. The number of ether oxygens (including phenoxy) is 2. The van der Waals surface area contributed by atoms with Crippen LogP contribution in [-0.4, -0.2) is 42.1 Å². The number of esters is 1. The number of carbonyl (C=O) groups excluding carboxylic acids is 3. The van der Waals surface area contributed by atoms with Crippen LogP contribution < -0.4 is 15.4 Å². The second-order valence-corrected chi connectivity index (χ2v) is 8.43. The molecule has 180 valence electrons. The Labute approximate surface area is 203 Å². The Bertz CT molecular complexity index is 1100. The van der Waals surface area contributed by atoms with Gasteiger partial charge in [-0.3, -0.25) is 9.69 Å². The molecule has 34 heavy (non-hydrogen) atoms. The monoisotopic (exact) mass is 485 g/mol. The molecule has 0 saturated carbocycles. The van der Waals surface area contributed by atoms with Crippen LogP contribution in [-0.2, 0) is 14.3 Å². The fourth-order valence-electron chi connectivity index (χ4n) is 3.63. The Kier molecular flexibility index (Phi) is 8.17. The molecule has 2 aromatic rings. The van der Waals surface area contributed by atoms with Crippen molar-refractivity contribution in [3.8, 4) is 5.75 Å². The van der Waals surface area contributed by atoms with Gasteiger partial charge in [0.25, 0.3) is 5.91 Å². The summed E-state index contributed by atoms with van der Waals surface area (Å²) in [5.41, 5.74) is 2.02. The number of halogens is 1. The van der Waals surface area contributed by atoms with Crippen molar-refractivity contribution in [3.05, 3.63) is 70.4 Å². The van der Waals surface area contributed by atoms with E-state index in [1.807, 2.05) is 6.92 Å². The first kappa shape index (κ1) is 25.1. The highest BCUT2D eigenvalue weighted by atomic mass is 35.5. The van der Waals surface area contributed by atoms with Gasteiger partial charge in [0.1, 0.15) is 5.75 Å². The van der Waals surface area contributed by atoms with Crippen LogP contribution in [0.5, 0.6) is 5.75 Å². The molecule has 0 aromatic heterocycles. The van der Waals surface area contributed by atoms with Crippen molar-refractivity contribution in [1.82, 2.24) is 10.2 Å². The van der Waals surface area contributed by atoms with E-state index in [1.165, 1.54) is 4.90 Å². The standard InChI is InChI=1S/C25H28ClN3O5/c1-5-29-16(4)22(24(31)34-15(2)3)23(28-25(29)32)17-7-6-8-19(13-17)27-21(30)14-33-20-11-9-18(26)10-12-20/h6-13,15,23H,5,14H2,1-4H3,(H,27,30)(H,28,32). The summed E-state index contributed by atoms with van der Waals surface area (Å²) < 4.78 is 10.9. The van der Waals surface area contributed by atoms with E-state index in [9.17, 15) is 14.4 Å². The quantitative estimate of drug-likeness (QED) is 0.529. The van der Waals surface area contributed by atoms with Gasteiger partial charge in [-0.15, -0.1) is 0 Å². The van der Waals surface area contributed by atoms with Gasteiger partial charge in [-0.1, -0.05) is 23.7 Å². The van der Waals surface area contributed by atoms with Gasteiger partial charge in [-0.05, 0) is 69.7 Å². The maximum atomic E-state index is 12.9. The zero-order valence-electron chi connectivity index (χ0n) is 19.6. The van der Waals surface area contributed by atoms with Crippen LogP contribution in [0.3, 0.4) is 0 Å². The number of urea groups is 1. The molecule has 1 unspecified atom stereocenters. The molecule has 0 fully saturated rings. The van der Waals surface area contributed by atoms with E-state index in [1.54, 1.807) is 69.3 Å². The number of nitrogens with one attached hydrogen (secondary N) is 2. The minimum absolute atomic E-state index is 0.192. The van der Waals surface area contributed by atoms with Crippen LogP contribution in [0.4, 0.5) is 10.5 Å². The summed E-state index contributed by atoms with van der Waals surface area (Å²) in [6, 6.07) is 12.6. The molecule has 0 aliphatic carbocycles. The molecule has 1 atom stereocenters. The largest absolute Gasteiger partial charge is 0.484 e. The highest BCUT2D eigenvalue weighted by Gasteiger charge is 2.36. The first-order chi connectivity index (χ1) is 16.2. The van der Waals surface area contributed by atoms with E-state index < -0.39 is 12.0 Å². The fourth-order valence-corrected chi connectivity index (χ4v) is 3.75. The van der Waals surface area contributed by atoms with Crippen molar-refractivity contribution in [1.29, 1.82) is 0 Å². The van der Waals surface area contributed by atoms with E-state index in [-0.39, 0.29) is 24.6 Å². The van der Waals surface area contributed by atoms with Crippen molar-refractivity contribution in [2.75, 3.05) is 18.5 Å². The predicted octanol–water partition coefficient (Wildman–Crippen LogP) is 4.67. The number of hydrogen-bond donors (Lipinski definition) is 2. The molecular weight excluding hydrogens is 458 g/mol. The van der Waals surface area contributed by atoms with Gasteiger partial charge in [0.2, 0.25) is 0 Å². The number of amides is 3. The maximum Gasteiger partial charge on any atom is 0.338 e. The molecule has 2 N–H and O–H groups in total. The Morgan fingerprint density at radius 1 is 1.18 bits per heavy atom. The Hall–Kier alpha value is -3.52. The summed E-state index contributed by atoms with van der Waals surface area (Å²) in [7, 11) is 0. The van der Waals surface area contributed by atoms with Crippen LogP contribution in [0.15, 0.2) is 59.8 Å². The molecule has 0 spiro atoms. The topological polar surface area (TPSA) is 97.0 Å². The lowest BCUT2D eigenvalue weighted by atomic mass is 9.94. The van der Waals surface area contributed by atoms with Gasteiger partial charge in [-0.25, -0.2) is 9.59 Å². The fraction of sp³-hybridized carbons (Fsp3) is 0.320. The third-order valence-corrected chi connectivity index (χ3v) is 5.41. The minimum atomic E-state index is -0.719. The molecule has 3 amide bonds. The zero-order valence-corrected chi connectivity index (χ0v) is 20.3. The second-order valence-electron chi connectivity index (χ2n) is 8.00. The summed E-state index contributed by atoms with van der Waals surface area (Å²) in [5.74, 6) is -0.336. The van der Waals surface area contributed by atoms with Gasteiger partial charge < -0.3 is 20.1 Å². The highest BCUT2D eigenvalue weighted by molar-refractivity contribution is 6.30. The highest BCUT2D eigenvalue weighted by Crippen LogP contribution is 2.32. The summed E-state index contributed by atoms with van der Waals surface area (Å²) in [6.45, 7) is 7.31. The molecule has 1 heterocycles. The summed E-state index contributed by atoms with van der Waals surface area (Å²) in [4.78, 5) is 39.5. The molecule has 1 aliphatic heterocycles. The number of nitrogens with zero attached hydrogens (tertiary/aromatic N) is 1.